The quantitative estimate of drug-likeness (QED) is 0.669. The Labute approximate surface area is 128 Å². The lowest BCUT2D eigenvalue weighted by Gasteiger charge is -2.10. The first-order chi connectivity index (χ1) is 9.79. The van der Waals surface area contributed by atoms with Crippen LogP contribution in [0.3, 0.4) is 0 Å². The van der Waals surface area contributed by atoms with Gasteiger partial charge in [0.15, 0.2) is 0 Å². The smallest absolute Gasteiger partial charge is 0.264 e. The van der Waals surface area contributed by atoms with Crippen molar-refractivity contribution in [2.45, 2.75) is 20.0 Å². The van der Waals surface area contributed by atoms with Crippen LogP contribution in [0.15, 0.2) is 46.1 Å². The molecule has 0 unspecified atom stereocenters. The van der Waals surface area contributed by atoms with Gasteiger partial charge in [0.25, 0.3) is 0 Å². The van der Waals surface area contributed by atoms with Crippen LogP contribution in [0.25, 0.3) is 0 Å². The zero-order valence-corrected chi connectivity index (χ0v) is 13.0. The fourth-order valence-corrected chi connectivity index (χ4v) is 2.35. The number of aromatic nitrogens is 1. The Morgan fingerprint density at radius 2 is 1.95 bits per heavy atom. The Kier molecular flexibility index (Phi) is 4.46. The lowest BCUT2D eigenvalue weighted by Crippen LogP contribution is -2.04. The van der Waals surface area contributed by atoms with E-state index >= 15 is 0 Å². The van der Waals surface area contributed by atoms with Crippen molar-refractivity contribution in [3.05, 3.63) is 57.8 Å². The van der Waals surface area contributed by atoms with Crippen molar-refractivity contribution in [1.29, 1.82) is 0 Å². The Morgan fingerprint density at radius 1 is 1.24 bits per heavy atom. The van der Waals surface area contributed by atoms with Crippen LogP contribution in [-0.4, -0.2) is 10.7 Å². The highest BCUT2D eigenvalue weighted by Crippen LogP contribution is 2.33. The summed E-state index contributed by atoms with van der Waals surface area (Å²) in [5, 5.41) is 0. The van der Waals surface area contributed by atoms with Gasteiger partial charge in [-0.1, -0.05) is 6.07 Å². The predicted molar refractivity (Wildman–Crippen MR) is 80.0 cm³/mol. The van der Waals surface area contributed by atoms with Gasteiger partial charge in [-0.3, -0.25) is 9.98 Å². The molecule has 6 heteroatoms. The topological polar surface area (TPSA) is 25.2 Å². The van der Waals surface area contributed by atoms with Gasteiger partial charge in [-0.2, -0.15) is 13.2 Å². The zero-order valence-electron chi connectivity index (χ0n) is 11.4. The number of hydrogen-bond donors (Lipinski definition) is 0. The molecule has 1 aromatic carbocycles. The maximum absolute atomic E-state index is 12.8. The van der Waals surface area contributed by atoms with Crippen molar-refractivity contribution in [2.24, 2.45) is 4.99 Å². The van der Waals surface area contributed by atoms with E-state index in [-0.39, 0.29) is 0 Å². The first-order valence-electron chi connectivity index (χ1n) is 6.12. The van der Waals surface area contributed by atoms with Gasteiger partial charge in [-0.05, 0) is 53.5 Å². The molecule has 0 N–H and O–H groups in total. The summed E-state index contributed by atoms with van der Waals surface area (Å²) in [5.41, 5.74) is 1.71. The van der Waals surface area contributed by atoms with Gasteiger partial charge < -0.3 is 0 Å². The third-order valence-corrected chi connectivity index (χ3v) is 3.62. The zero-order chi connectivity index (χ0) is 15.6. The summed E-state index contributed by atoms with van der Waals surface area (Å²) in [6.45, 7) is 3.48. The molecule has 0 fully saturated rings. The molecule has 1 aromatic heterocycles. The number of aryl methyl sites for hydroxylation is 1. The van der Waals surface area contributed by atoms with Crippen LogP contribution in [-0.2, 0) is 6.18 Å². The molecule has 110 valence electrons. The third-order valence-electron chi connectivity index (χ3n) is 2.99. The minimum Gasteiger partial charge on any atom is -0.264 e. The van der Waals surface area contributed by atoms with E-state index in [2.05, 4.69) is 25.9 Å². The molecule has 0 spiro atoms. The second kappa shape index (κ2) is 5.97. The van der Waals surface area contributed by atoms with Gasteiger partial charge in [0.2, 0.25) is 0 Å². The fraction of sp³-hybridized carbons (Fsp3) is 0.200. The SMILES string of the molecule is C/C(=N\c1cc(C(F)(F)F)ccc1C)c1ccncc1Br. The minimum atomic E-state index is -4.37. The van der Waals surface area contributed by atoms with Gasteiger partial charge in [-0.15, -0.1) is 0 Å². The summed E-state index contributed by atoms with van der Waals surface area (Å²) in [7, 11) is 0. The molecule has 2 aromatic rings. The normalized spacial score (nSPS) is 12.6. The molecule has 21 heavy (non-hydrogen) atoms. The van der Waals surface area contributed by atoms with E-state index in [4.69, 9.17) is 0 Å². The molecule has 0 atom stereocenters. The number of halogens is 4. The molecule has 0 aliphatic rings. The average molecular weight is 357 g/mol. The highest BCUT2D eigenvalue weighted by molar-refractivity contribution is 9.10. The number of aliphatic imine (C=N–C) groups is 1. The Morgan fingerprint density at radius 3 is 2.57 bits per heavy atom. The van der Waals surface area contributed by atoms with Gasteiger partial charge in [0.05, 0.1) is 11.3 Å². The number of pyridine rings is 1. The second-order valence-corrected chi connectivity index (χ2v) is 5.41. The van der Waals surface area contributed by atoms with E-state index in [0.29, 0.717) is 17.0 Å². The van der Waals surface area contributed by atoms with Gasteiger partial charge in [-0.25, -0.2) is 0 Å². The number of rotatable bonds is 2. The molecule has 1 heterocycles. The summed E-state index contributed by atoms with van der Waals surface area (Å²) >= 11 is 3.35. The molecule has 0 bridgehead atoms. The number of hydrogen-bond acceptors (Lipinski definition) is 2. The summed E-state index contributed by atoms with van der Waals surface area (Å²) in [6.07, 6.45) is -1.14. The van der Waals surface area contributed by atoms with Gasteiger partial charge in [0, 0.05) is 28.1 Å². The van der Waals surface area contributed by atoms with Crippen molar-refractivity contribution in [2.75, 3.05) is 0 Å². The monoisotopic (exact) mass is 356 g/mol. The van der Waals surface area contributed by atoms with Crippen molar-refractivity contribution in [3.8, 4) is 0 Å². The maximum Gasteiger partial charge on any atom is 0.416 e. The Balaban J connectivity index is 2.47. The van der Waals surface area contributed by atoms with Crippen molar-refractivity contribution >= 4 is 27.3 Å². The van der Waals surface area contributed by atoms with E-state index in [1.165, 1.54) is 6.07 Å². The van der Waals surface area contributed by atoms with Crippen LogP contribution < -0.4 is 0 Å². The summed E-state index contributed by atoms with van der Waals surface area (Å²) in [5.74, 6) is 0. The van der Waals surface area contributed by atoms with Crippen LogP contribution in [0.4, 0.5) is 18.9 Å². The average Bonchev–Trinajstić information content (AvgIpc) is 2.40. The Bertz CT molecular complexity index is 694. The van der Waals surface area contributed by atoms with Crippen LogP contribution in [0.2, 0.25) is 0 Å². The highest BCUT2D eigenvalue weighted by Gasteiger charge is 2.30. The van der Waals surface area contributed by atoms with Crippen LogP contribution >= 0.6 is 15.9 Å². The molecular formula is C15H12BrF3N2. The maximum atomic E-state index is 12.8. The molecule has 0 aliphatic heterocycles. The molecule has 0 aliphatic carbocycles. The standard InChI is InChI=1S/C15H12BrF3N2/c1-9-3-4-11(15(17,18)19)7-14(9)21-10(2)12-5-6-20-8-13(12)16/h3-8H,1-2H3/b21-10+. The van der Waals surface area contributed by atoms with Crippen LogP contribution in [0.1, 0.15) is 23.6 Å². The van der Waals surface area contributed by atoms with E-state index in [1.54, 1.807) is 32.3 Å². The van der Waals surface area contributed by atoms with Crippen molar-refractivity contribution < 1.29 is 13.2 Å². The van der Waals surface area contributed by atoms with E-state index < -0.39 is 11.7 Å². The molecule has 2 rings (SSSR count). The number of alkyl halides is 3. The summed E-state index contributed by atoms with van der Waals surface area (Å²) in [6, 6.07) is 5.31. The molecular weight excluding hydrogens is 345 g/mol. The van der Waals surface area contributed by atoms with Crippen LogP contribution in [0.5, 0.6) is 0 Å². The van der Waals surface area contributed by atoms with Gasteiger partial charge >= 0.3 is 6.18 Å². The second-order valence-electron chi connectivity index (χ2n) is 4.55. The largest absolute Gasteiger partial charge is 0.416 e. The lowest BCUT2D eigenvalue weighted by molar-refractivity contribution is -0.137. The molecule has 0 amide bonds. The van der Waals surface area contributed by atoms with Crippen molar-refractivity contribution in [3.63, 3.8) is 0 Å². The van der Waals surface area contributed by atoms with Gasteiger partial charge in [0.1, 0.15) is 0 Å². The Hall–Kier alpha value is -1.69. The number of nitrogens with zero attached hydrogens (tertiary/aromatic N) is 2. The summed E-state index contributed by atoms with van der Waals surface area (Å²) in [4.78, 5) is 8.27. The minimum absolute atomic E-state index is 0.311. The first kappa shape index (κ1) is 15.7. The predicted octanol–water partition coefficient (Wildman–Crippen LogP) is 5.31. The summed E-state index contributed by atoms with van der Waals surface area (Å²) < 4.78 is 39.0. The molecule has 0 saturated heterocycles. The fourth-order valence-electron chi connectivity index (χ4n) is 1.82. The highest BCUT2D eigenvalue weighted by atomic mass is 79.9. The van der Waals surface area contributed by atoms with E-state index in [9.17, 15) is 13.2 Å². The first-order valence-corrected chi connectivity index (χ1v) is 6.91. The van der Waals surface area contributed by atoms with E-state index in [0.717, 1.165) is 22.2 Å². The lowest BCUT2D eigenvalue weighted by atomic mass is 10.1. The van der Waals surface area contributed by atoms with Crippen molar-refractivity contribution in [1.82, 2.24) is 4.98 Å². The number of benzene rings is 1. The van der Waals surface area contributed by atoms with Crippen LogP contribution in [0, 0.1) is 6.92 Å². The molecule has 2 nitrogen and oxygen atoms in total. The molecule has 0 saturated carbocycles. The third kappa shape index (κ3) is 3.69. The van der Waals surface area contributed by atoms with E-state index in [1.807, 2.05) is 0 Å². The molecule has 0 radical (unpaired) electrons.